The fraction of sp³-hybridized carbons (Fsp3) is 0.804. The number of carbonyl (C=O) groups is 3. The van der Waals surface area contributed by atoms with Crippen LogP contribution in [0.25, 0.3) is 0 Å². The number of imide groups is 1. The molecule has 5 atom stereocenters. The first kappa shape index (κ1) is 50.6. The van der Waals surface area contributed by atoms with Crippen molar-refractivity contribution in [2.75, 3.05) is 19.7 Å². The molecule has 1 saturated heterocycles. The molecule has 0 aromatic heterocycles. The van der Waals surface area contributed by atoms with Crippen molar-refractivity contribution in [3.63, 3.8) is 0 Å². The molecule has 1 aromatic carbocycles. The Hall–Kier alpha value is -2.57. The normalized spacial score (nSPS) is 19.4. The molecule has 0 spiro atoms. The molecule has 1 unspecified atom stereocenters. The van der Waals surface area contributed by atoms with E-state index in [9.17, 15) is 29.7 Å². The largest absolute Gasteiger partial charge is 0.444 e. The van der Waals surface area contributed by atoms with Gasteiger partial charge in [-0.1, -0.05) is 192 Å². The number of nitrogens with zero attached hydrogens (tertiary/aromatic N) is 2. The van der Waals surface area contributed by atoms with Crippen LogP contribution in [0, 0.1) is 0 Å². The fourth-order valence-electron chi connectivity index (χ4n) is 7.85. The van der Waals surface area contributed by atoms with Crippen LogP contribution in [0.1, 0.15) is 186 Å². The maximum atomic E-state index is 14.1. The highest BCUT2D eigenvalue weighted by Crippen LogP contribution is 2.30. The summed E-state index contributed by atoms with van der Waals surface area (Å²) in [6, 6.07) is 7.44. The number of ether oxygens (including phenoxy) is 2. The summed E-state index contributed by atoms with van der Waals surface area (Å²) in [5.41, 5.74) is 6.47. The zero-order chi connectivity index (χ0) is 41.5. The van der Waals surface area contributed by atoms with Gasteiger partial charge in [0.05, 0.1) is 13.2 Å². The molecule has 1 aromatic rings. The Morgan fingerprint density at radius 3 is 1.56 bits per heavy atom. The molecule has 1 aliphatic rings. The highest BCUT2D eigenvalue weighted by Gasteiger charge is 2.53. The van der Waals surface area contributed by atoms with Gasteiger partial charge in [0, 0.05) is 13.0 Å². The number of hydrogen-bond acceptors (Lipinski definition) is 9. The smallest absolute Gasteiger partial charge is 0.417 e. The van der Waals surface area contributed by atoms with Gasteiger partial charge >= 0.3 is 6.09 Å². The van der Waals surface area contributed by atoms with Gasteiger partial charge < -0.3 is 35.4 Å². The third-order valence-electron chi connectivity index (χ3n) is 11.4. The lowest BCUT2D eigenvalue weighted by Crippen LogP contribution is -2.70. The predicted octanol–water partition coefficient (Wildman–Crippen LogP) is 8.93. The second-order valence-electron chi connectivity index (χ2n) is 16.2. The molecule has 1 aliphatic heterocycles. The first-order valence-corrected chi connectivity index (χ1v) is 22.9. The molecule has 2 rings (SSSR count). The van der Waals surface area contributed by atoms with Gasteiger partial charge in [-0.3, -0.25) is 9.59 Å². The van der Waals surface area contributed by atoms with Crippen LogP contribution in [0.4, 0.5) is 4.79 Å². The van der Waals surface area contributed by atoms with E-state index in [1.54, 1.807) is 24.3 Å². The Balaban J connectivity index is 2.11. The standard InChI is InChI=1S/C46H81N3O8/c1-3-5-7-9-11-13-15-17-18-20-22-24-29-33-40(51)48(34-30-25-23-21-19-16-14-12-10-8-6-4-2)45-42(44(54)43(53)39(36-50)57-45)49(41(52)35-47)46(55)56-37-38-31-27-26-28-32-38/h26-28,31-32,39,42-45,50,53-54H,3-25,29-30,33-37,47H2,1-2H3/t39-,42-,43-,44-,45?/m1/s1. The molecule has 11 nitrogen and oxygen atoms in total. The summed E-state index contributed by atoms with van der Waals surface area (Å²) in [4.78, 5) is 43.4. The Kier molecular flexibility index (Phi) is 28.7. The van der Waals surface area contributed by atoms with Crippen LogP contribution in [-0.4, -0.2) is 93.3 Å². The summed E-state index contributed by atoms with van der Waals surface area (Å²) in [6.07, 6.45) is 22.3. The lowest BCUT2D eigenvalue weighted by molar-refractivity contribution is -0.244. The SMILES string of the molecule is CCCCCCCCCCCCCCCC(=O)N(CCCCCCCCCCCCCC)C1O[C@H](CO)[C@@H](O)[C@H](O)[C@H]1N(C(=O)CN)C(=O)OCc1ccccc1. The fourth-order valence-corrected chi connectivity index (χ4v) is 7.85. The highest BCUT2D eigenvalue weighted by molar-refractivity contribution is 5.93. The van der Waals surface area contributed by atoms with E-state index in [1.165, 1.54) is 114 Å². The van der Waals surface area contributed by atoms with Crippen LogP contribution in [0.15, 0.2) is 30.3 Å². The van der Waals surface area contributed by atoms with Gasteiger partial charge in [0.2, 0.25) is 11.8 Å². The van der Waals surface area contributed by atoms with Crippen LogP contribution in [-0.2, 0) is 25.7 Å². The molecule has 0 saturated carbocycles. The summed E-state index contributed by atoms with van der Waals surface area (Å²) in [7, 11) is 0. The first-order valence-electron chi connectivity index (χ1n) is 22.9. The van der Waals surface area contributed by atoms with Gasteiger partial charge in [-0.15, -0.1) is 0 Å². The Labute approximate surface area is 345 Å². The van der Waals surface area contributed by atoms with E-state index < -0.39 is 55.7 Å². The summed E-state index contributed by atoms with van der Waals surface area (Å²) < 4.78 is 11.7. The van der Waals surface area contributed by atoms with Crippen molar-refractivity contribution >= 4 is 17.9 Å². The monoisotopic (exact) mass is 804 g/mol. The third-order valence-corrected chi connectivity index (χ3v) is 11.4. The molecule has 57 heavy (non-hydrogen) atoms. The van der Waals surface area contributed by atoms with Gasteiger partial charge in [0.15, 0.2) is 6.23 Å². The van der Waals surface area contributed by atoms with E-state index in [0.29, 0.717) is 23.3 Å². The van der Waals surface area contributed by atoms with Crippen molar-refractivity contribution in [3.8, 4) is 0 Å². The molecule has 1 heterocycles. The van der Waals surface area contributed by atoms with Crippen LogP contribution in [0.5, 0.6) is 0 Å². The number of unbranched alkanes of at least 4 members (excludes halogenated alkanes) is 23. The molecule has 3 amide bonds. The van der Waals surface area contributed by atoms with Crippen LogP contribution in [0.2, 0.25) is 0 Å². The molecule has 0 bridgehead atoms. The lowest BCUT2D eigenvalue weighted by atomic mass is 9.93. The molecule has 328 valence electrons. The molecular weight excluding hydrogens is 723 g/mol. The number of nitrogens with two attached hydrogens (primary N) is 1. The number of aliphatic hydroxyl groups is 3. The minimum absolute atomic E-state index is 0.148. The average Bonchev–Trinajstić information content (AvgIpc) is 3.22. The Morgan fingerprint density at radius 2 is 1.11 bits per heavy atom. The number of benzene rings is 1. The number of carbonyl (C=O) groups excluding carboxylic acids is 3. The van der Waals surface area contributed by atoms with Crippen molar-refractivity contribution < 1.29 is 39.2 Å². The van der Waals surface area contributed by atoms with Crippen molar-refractivity contribution in [1.82, 2.24) is 9.80 Å². The predicted molar refractivity (Wildman–Crippen MR) is 227 cm³/mol. The molecule has 1 fully saturated rings. The molecular formula is C46H81N3O8. The van der Waals surface area contributed by atoms with Crippen LogP contribution >= 0.6 is 0 Å². The Bertz CT molecular complexity index is 1170. The summed E-state index contributed by atoms with van der Waals surface area (Å²) in [6.45, 7) is 3.38. The topological polar surface area (TPSA) is 163 Å². The van der Waals surface area contributed by atoms with Crippen LogP contribution < -0.4 is 5.73 Å². The van der Waals surface area contributed by atoms with E-state index in [4.69, 9.17) is 15.2 Å². The van der Waals surface area contributed by atoms with Gasteiger partial charge in [-0.05, 0) is 18.4 Å². The lowest BCUT2D eigenvalue weighted by Gasteiger charge is -2.49. The quantitative estimate of drug-likeness (QED) is 0.0508. The van der Waals surface area contributed by atoms with Crippen molar-refractivity contribution in [2.24, 2.45) is 5.73 Å². The maximum Gasteiger partial charge on any atom is 0.417 e. The molecule has 11 heteroatoms. The molecule has 0 aliphatic carbocycles. The van der Waals surface area contributed by atoms with Crippen molar-refractivity contribution in [1.29, 1.82) is 0 Å². The first-order chi connectivity index (χ1) is 27.8. The van der Waals surface area contributed by atoms with Gasteiger partial charge in [-0.2, -0.15) is 0 Å². The van der Waals surface area contributed by atoms with E-state index >= 15 is 0 Å². The minimum Gasteiger partial charge on any atom is -0.444 e. The second kappa shape index (κ2) is 32.3. The van der Waals surface area contributed by atoms with Crippen molar-refractivity contribution in [3.05, 3.63) is 35.9 Å². The van der Waals surface area contributed by atoms with Gasteiger partial charge in [0.25, 0.3) is 0 Å². The average molecular weight is 804 g/mol. The van der Waals surface area contributed by atoms with E-state index in [1.807, 2.05) is 6.07 Å². The zero-order valence-corrected chi connectivity index (χ0v) is 35.8. The number of aliphatic hydroxyl groups excluding tert-OH is 3. The maximum absolute atomic E-state index is 14.1. The summed E-state index contributed by atoms with van der Waals surface area (Å²) >= 11 is 0. The van der Waals surface area contributed by atoms with Crippen molar-refractivity contribution in [2.45, 2.75) is 218 Å². The number of amides is 3. The molecule has 5 N–H and O–H groups in total. The van der Waals surface area contributed by atoms with Crippen LogP contribution in [0.3, 0.4) is 0 Å². The third kappa shape index (κ3) is 20.3. The summed E-state index contributed by atoms with van der Waals surface area (Å²) in [5, 5.41) is 32.7. The zero-order valence-electron chi connectivity index (χ0n) is 35.8. The second-order valence-corrected chi connectivity index (χ2v) is 16.2. The highest BCUT2D eigenvalue weighted by atomic mass is 16.6. The van der Waals surface area contributed by atoms with Gasteiger partial charge in [0.1, 0.15) is 31.0 Å². The summed E-state index contributed by atoms with van der Waals surface area (Å²) in [5.74, 6) is -1.08. The number of rotatable bonds is 33. The van der Waals surface area contributed by atoms with E-state index in [2.05, 4.69) is 13.8 Å². The van der Waals surface area contributed by atoms with E-state index in [0.717, 1.165) is 38.5 Å². The molecule has 0 radical (unpaired) electrons. The number of hydrogen-bond donors (Lipinski definition) is 4. The van der Waals surface area contributed by atoms with Gasteiger partial charge in [-0.25, -0.2) is 9.69 Å². The van der Waals surface area contributed by atoms with E-state index in [-0.39, 0.29) is 25.5 Å². The Morgan fingerprint density at radius 1 is 0.649 bits per heavy atom. The minimum atomic E-state index is -1.74.